The molecule has 0 aromatic heterocycles. The zero-order valence-corrected chi connectivity index (χ0v) is 9.98. The van der Waals surface area contributed by atoms with E-state index in [9.17, 15) is 4.79 Å². The molecule has 2 aliphatic heterocycles. The minimum atomic E-state index is 0.108. The molecule has 0 aromatic rings. The molecule has 0 aromatic carbocycles. The van der Waals surface area contributed by atoms with Gasteiger partial charge in [0.2, 0.25) is 5.91 Å². The van der Waals surface area contributed by atoms with E-state index in [2.05, 4.69) is 6.92 Å². The summed E-state index contributed by atoms with van der Waals surface area (Å²) in [5.74, 6) is 0.276. The number of ether oxygens (including phenoxy) is 1. The predicted octanol–water partition coefficient (Wildman–Crippen LogP) is 1.75. The van der Waals surface area contributed by atoms with Gasteiger partial charge in [0.1, 0.15) is 0 Å². The molecular formula is C12H21NO3. The van der Waals surface area contributed by atoms with Crippen LogP contribution in [0.5, 0.6) is 0 Å². The zero-order chi connectivity index (χ0) is 11.4. The van der Waals surface area contributed by atoms with Crippen molar-refractivity contribution in [2.75, 3.05) is 19.8 Å². The first-order valence-corrected chi connectivity index (χ1v) is 6.37. The molecule has 0 radical (unpaired) electrons. The second kappa shape index (κ2) is 5.64. The zero-order valence-electron chi connectivity index (χ0n) is 9.98. The van der Waals surface area contributed by atoms with Crippen molar-refractivity contribution < 1.29 is 14.4 Å². The van der Waals surface area contributed by atoms with Crippen LogP contribution < -0.4 is 0 Å². The van der Waals surface area contributed by atoms with Crippen LogP contribution in [0.4, 0.5) is 0 Å². The fourth-order valence-corrected chi connectivity index (χ4v) is 2.36. The monoisotopic (exact) mass is 227 g/mol. The van der Waals surface area contributed by atoms with Crippen LogP contribution in [0.3, 0.4) is 0 Å². The first-order valence-electron chi connectivity index (χ1n) is 6.37. The van der Waals surface area contributed by atoms with Crippen molar-refractivity contribution in [3.8, 4) is 0 Å². The van der Waals surface area contributed by atoms with E-state index in [0.29, 0.717) is 13.2 Å². The number of nitrogens with zero attached hydrogens (tertiary/aromatic N) is 1. The first kappa shape index (κ1) is 11.9. The Kier molecular flexibility index (Phi) is 4.18. The third-order valence-electron chi connectivity index (χ3n) is 3.42. The van der Waals surface area contributed by atoms with E-state index < -0.39 is 0 Å². The summed E-state index contributed by atoms with van der Waals surface area (Å²) in [4.78, 5) is 17.6. The highest BCUT2D eigenvalue weighted by Crippen LogP contribution is 2.25. The van der Waals surface area contributed by atoms with Crippen LogP contribution in [0.15, 0.2) is 0 Å². The van der Waals surface area contributed by atoms with Crippen molar-refractivity contribution in [1.82, 2.24) is 5.06 Å². The normalized spacial score (nSPS) is 31.4. The average Bonchev–Trinajstić information content (AvgIpc) is 2.39. The van der Waals surface area contributed by atoms with Gasteiger partial charge in [0.15, 0.2) is 0 Å². The van der Waals surface area contributed by atoms with E-state index in [1.165, 1.54) is 0 Å². The van der Waals surface area contributed by atoms with E-state index in [-0.39, 0.29) is 17.9 Å². The molecular weight excluding hydrogens is 206 g/mol. The van der Waals surface area contributed by atoms with Gasteiger partial charge in [-0.2, -0.15) is 0 Å². The van der Waals surface area contributed by atoms with E-state index in [1.54, 1.807) is 5.06 Å². The molecule has 0 N–H and O–H groups in total. The van der Waals surface area contributed by atoms with Gasteiger partial charge in [0.25, 0.3) is 0 Å². The lowest BCUT2D eigenvalue weighted by Gasteiger charge is -2.33. The summed E-state index contributed by atoms with van der Waals surface area (Å²) in [7, 11) is 0. The molecule has 2 saturated heterocycles. The number of carbonyl (C=O) groups excluding carboxylic acids is 1. The third kappa shape index (κ3) is 2.74. The number of hydroxylamine groups is 2. The summed E-state index contributed by atoms with van der Waals surface area (Å²) in [6.07, 6.45) is 5.07. The quantitative estimate of drug-likeness (QED) is 0.721. The summed E-state index contributed by atoms with van der Waals surface area (Å²) in [5, 5.41) is 1.58. The minimum Gasteiger partial charge on any atom is -0.378 e. The fraction of sp³-hybridized carbons (Fsp3) is 0.917. The van der Waals surface area contributed by atoms with Gasteiger partial charge in [-0.3, -0.25) is 9.63 Å². The van der Waals surface area contributed by atoms with Crippen molar-refractivity contribution in [2.45, 2.75) is 45.1 Å². The number of hydrogen-bond donors (Lipinski definition) is 0. The number of rotatable bonds is 2. The van der Waals surface area contributed by atoms with Crippen molar-refractivity contribution in [3.63, 3.8) is 0 Å². The maximum Gasteiger partial charge on any atom is 0.249 e. The molecule has 2 aliphatic rings. The van der Waals surface area contributed by atoms with Gasteiger partial charge in [-0.1, -0.05) is 6.92 Å². The van der Waals surface area contributed by atoms with Crippen LogP contribution in [-0.4, -0.2) is 36.8 Å². The Hall–Kier alpha value is -0.610. The smallest absolute Gasteiger partial charge is 0.249 e. The summed E-state index contributed by atoms with van der Waals surface area (Å²) in [6.45, 7) is 4.26. The Morgan fingerprint density at radius 3 is 2.94 bits per heavy atom. The molecule has 0 aliphatic carbocycles. The fourth-order valence-electron chi connectivity index (χ4n) is 2.36. The molecule has 0 saturated carbocycles. The lowest BCUT2D eigenvalue weighted by atomic mass is 9.93. The van der Waals surface area contributed by atoms with E-state index in [0.717, 1.165) is 38.6 Å². The van der Waals surface area contributed by atoms with Crippen LogP contribution in [0.1, 0.15) is 39.0 Å². The molecule has 4 heteroatoms. The predicted molar refractivity (Wildman–Crippen MR) is 59.7 cm³/mol. The molecule has 0 unspecified atom stereocenters. The van der Waals surface area contributed by atoms with Gasteiger partial charge in [-0.05, 0) is 32.1 Å². The first-order chi connectivity index (χ1) is 7.81. The second-order valence-electron chi connectivity index (χ2n) is 4.60. The van der Waals surface area contributed by atoms with Crippen LogP contribution in [0.25, 0.3) is 0 Å². The molecule has 2 rings (SSSR count). The van der Waals surface area contributed by atoms with Crippen molar-refractivity contribution >= 4 is 5.91 Å². The number of amides is 1. The van der Waals surface area contributed by atoms with Gasteiger partial charge in [-0.15, -0.1) is 0 Å². The molecule has 4 nitrogen and oxygen atoms in total. The molecule has 2 heterocycles. The molecule has 1 amide bonds. The Bertz CT molecular complexity index is 238. The molecule has 0 bridgehead atoms. The standard InChI is InChI=1S/C12H21NO3/c1-2-11-9-10(5-8-15-11)12(14)13-6-3-4-7-16-13/h10-11H,2-9H2,1H3/t10-,11+/m0/s1. The van der Waals surface area contributed by atoms with Crippen LogP contribution in [-0.2, 0) is 14.4 Å². The number of carbonyl (C=O) groups is 1. The highest BCUT2D eigenvalue weighted by Gasteiger charge is 2.31. The van der Waals surface area contributed by atoms with E-state index >= 15 is 0 Å². The molecule has 2 fully saturated rings. The van der Waals surface area contributed by atoms with Gasteiger partial charge >= 0.3 is 0 Å². The van der Waals surface area contributed by atoms with Crippen molar-refractivity contribution in [1.29, 1.82) is 0 Å². The largest absolute Gasteiger partial charge is 0.378 e. The summed E-state index contributed by atoms with van der Waals surface area (Å²) in [5.41, 5.74) is 0. The highest BCUT2D eigenvalue weighted by atomic mass is 16.7. The maximum absolute atomic E-state index is 12.2. The molecule has 2 atom stereocenters. The Morgan fingerprint density at radius 1 is 1.38 bits per heavy atom. The van der Waals surface area contributed by atoms with Gasteiger partial charge in [0, 0.05) is 19.1 Å². The summed E-state index contributed by atoms with van der Waals surface area (Å²) < 4.78 is 5.58. The Balaban J connectivity index is 1.87. The van der Waals surface area contributed by atoms with E-state index in [4.69, 9.17) is 9.57 Å². The summed E-state index contributed by atoms with van der Waals surface area (Å²) >= 11 is 0. The van der Waals surface area contributed by atoms with Crippen LogP contribution in [0.2, 0.25) is 0 Å². The van der Waals surface area contributed by atoms with Crippen LogP contribution >= 0.6 is 0 Å². The Labute approximate surface area is 96.8 Å². The lowest BCUT2D eigenvalue weighted by Crippen LogP contribution is -2.42. The van der Waals surface area contributed by atoms with Crippen molar-refractivity contribution in [2.24, 2.45) is 5.92 Å². The summed E-state index contributed by atoms with van der Waals surface area (Å²) in [6, 6.07) is 0. The molecule has 0 spiro atoms. The topological polar surface area (TPSA) is 38.8 Å². The minimum absolute atomic E-state index is 0.108. The Morgan fingerprint density at radius 2 is 2.25 bits per heavy atom. The maximum atomic E-state index is 12.2. The molecule has 92 valence electrons. The van der Waals surface area contributed by atoms with Gasteiger partial charge in [0.05, 0.1) is 12.7 Å². The third-order valence-corrected chi connectivity index (χ3v) is 3.42. The van der Waals surface area contributed by atoms with Crippen molar-refractivity contribution in [3.05, 3.63) is 0 Å². The van der Waals surface area contributed by atoms with Crippen LogP contribution in [0, 0.1) is 5.92 Å². The SMILES string of the molecule is CC[C@@H]1C[C@@H](C(=O)N2CCCCO2)CCO1. The second-order valence-corrected chi connectivity index (χ2v) is 4.60. The van der Waals surface area contributed by atoms with E-state index in [1.807, 2.05) is 0 Å². The number of hydrogen-bond acceptors (Lipinski definition) is 3. The highest BCUT2D eigenvalue weighted by molar-refractivity contribution is 5.78. The average molecular weight is 227 g/mol. The molecule has 16 heavy (non-hydrogen) atoms. The van der Waals surface area contributed by atoms with Gasteiger partial charge < -0.3 is 4.74 Å². The lowest BCUT2D eigenvalue weighted by molar-refractivity contribution is -0.204. The van der Waals surface area contributed by atoms with Gasteiger partial charge in [-0.25, -0.2) is 5.06 Å².